The summed E-state index contributed by atoms with van der Waals surface area (Å²) >= 11 is 0. The number of amides is 1. The Morgan fingerprint density at radius 2 is 1.89 bits per heavy atom. The summed E-state index contributed by atoms with van der Waals surface area (Å²) in [7, 11) is 1.64. The quantitative estimate of drug-likeness (QED) is 0.383. The minimum atomic E-state index is -0.552. The molecule has 0 aliphatic carbocycles. The predicted molar refractivity (Wildman–Crippen MR) is 113 cm³/mol. The Morgan fingerprint density at radius 3 is 2.52 bits per heavy atom. The van der Waals surface area contributed by atoms with Crippen LogP contribution in [0.25, 0.3) is 0 Å². The molecule has 9 heteroatoms. The standard InChI is InChI=1S/C18H25F2N5O.HI/c1-21-18(22-11-16(26)24-8-2-3-9-24)23-13-7-10-25(12-13)17-14(19)5-4-6-15(17)20;/h4-6,13H,2-3,7-12H2,1H3,(H2,21,22,23);1H. The number of hydrogen-bond acceptors (Lipinski definition) is 3. The minimum Gasteiger partial charge on any atom is -0.365 e. The Hall–Kier alpha value is -1.65. The van der Waals surface area contributed by atoms with Gasteiger partial charge in [-0.05, 0) is 31.4 Å². The van der Waals surface area contributed by atoms with Crippen molar-refractivity contribution in [2.45, 2.75) is 25.3 Å². The van der Waals surface area contributed by atoms with E-state index in [1.165, 1.54) is 18.2 Å². The topological polar surface area (TPSA) is 60.0 Å². The fourth-order valence-corrected chi connectivity index (χ4v) is 3.50. The summed E-state index contributed by atoms with van der Waals surface area (Å²) in [6.45, 7) is 2.85. The molecule has 6 nitrogen and oxygen atoms in total. The highest BCUT2D eigenvalue weighted by atomic mass is 127. The lowest BCUT2D eigenvalue weighted by Crippen LogP contribution is -2.48. The van der Waals surface area contributed by atoms with Crippen LogP contribution in [-0.4, -0.2) is 62.6 Å². The average Bonchev–Trinajstić information content (AvgIpc) is 3.30. The highest BCUT2D eigenvalue weighted by molar-refractivity contribution is 14.0. The number of hydrogen-bond donors (Lipinski definition) is 2. The number of halogens is 3. The largest absolute Gasteiger partial charge is 0.365 e. The van der Waals surface area contributed by atoms with Crippen molar-refractivity contribution in [3.8, 4) is 0 Å². The van der Waals surface area contributed by atoms with E-state index in [-0.39, 0.29) is 48.2 Å². The molecule has 1 atom stereocenters. The maximum absolute atomic E-state index is 13.9. The molecular weight excluding hydrogens is 467 g/mol. The number of guanidine groups is 1. The molecule has 2 N–H and O–H groups in total. The summed E-state index contributed by atoms with van der Waals surface area (Å²) in [5, 5.41) is 6.26. The van der Waals surface area contributed by atoms with Crippen molar-refractivity contribution in [3.05, 3.63) is 29.8 Å². The number of carbonyl (C=O) groups is 1. The molecule has 0 spiro atoms. The molecule has 1 aromatic carbocycles. The third-order valence-corrected chi connectivity index (χ3v) is 4.87. The van der Waals surface area contributed by atoms with Gasteiger partial charge >= 0.3 is 0 Å². The van der Waals surface area contributed by atoms with E-state index in [4.69, 9.17) is 0 Å². The average molecular weight is 493 g/mol. The molecule has 1 unspecified atom stereocenters. The Morgan fingerprint density at radius 1 is 1.22 bits per heavy atom. The van der Waals surface area contributed by atoms with E-state index >= 15 is 0 Å². The van der Waals surface area contributed by atoms with Gasteiger partial charge in [0.05, 0.1) is 6.54 Å². The molecule has 150 valence electrons. The summed E-state index contributed by atoms with van der Waals surface area (Å²) in [4.78, 5) is 19.8. The van der Waals surface area contributed by atoms with Crippen LogP contribution in [0.5, 0.6) is 0 Å². The SMILES string of the molecule is CN=C(NCC(=O)N1CCCC1)NC1CCN(c2c(F)cccc2F)C1.I. The fourth-order valence-electron chi connectivity index (χ4n) is 3.50. The second-order valence-electron chi connectivity index (χ2n) is 6.66. The molecular formula is C18H26F2IN5O. The van der Waals surface area contributed by atoms with E-state index < -0.39 is 11.6 Å². The molecule has 2 saturated heterocycles. The van der Waals surface area contributed by atoms with Gasteiger partial charge in [0.25, 0.3) is 0 Å². The minimum absolute atomic E-state index is 0. The van der Waals surface area contributed by atoms with Gasteiger partial charge in [0.15, 0.2) is 5.96 Å². The van der Waals surface area contributed by atoms with Crippen LogP contribution >= 0.6 is 24.0 Å². The van der Waals surface area contributed by atoms with Crippen LogP contribution in [0.3, 0.4) is 0 Å². The molecule has 1 amide bonds. The van der Waals surface area contributed by atoms with Crippen molar-refractivity contribution in [1.82, 2.24) is 15.5 Å². The van der Waals surface area contributed by atoms with Gasteiger partial charge in [-0.15, -0.1) is 24.0 Å². The van der Waals surface area contributed by atoms with Gasteiger partial charge < -0.3 is 20.4 Å². The van der Waals surface area contributed by atoms with Gasteiger partial charge in [-0.3, -0.25) is 9.79 Å². The number of aliphatic imine (C=N–C) groups is 1. The van der Waals surface area contributed by atoms with Gasteiger partial charge in [-0.25, -0.2) is 8.78 Å². The number of anilines is 1. The summed E-state index contributed by atoms with van der Waals surface area (Å²) in [5.74, 6) is -0.515. The number of likely N-dealkylation sites (tertiary alicyclic amines) is 1. The molecule has 0 aromatic heterocycles. The van der Waals surface area contributed by atoms with Gasteiger partial charge in [-0.2, -0.15) is 0 Å². The number of para-hydroxylation sites is 1. The molecule has 0 saturated carbocycles. The number of rotatable bonds is 4. The third-order valence-electron chi connectivity index (χ3n) is 4.87. The van der Waals surface area contributed by atoms with E-state index in [0.29, 0.717) is 19.0 Å². The van der Waals surface area contributed by atoms with Crippen LogP contribution in [0, 0.1) is 11.6 Å². The van der Waals surface area contributed by atoms with E-state index in [1.54, 1.807) is 11.9 Å². The first-order chi connectivity index (χ1) is 12.6. The maximum atomic E-state index is 13.9. The first kappa shape index (κ1) is 21.6. The lowest BCUT2D eigenvalue weighted by atomic mass is 10.2. The van der Waals surface area contributed by atoms with Crippen LogP contribution in [0.4, 0.5) is 14.5 Å². The smallest absolute Gasteiger partial charge is 0.241 e. The molecule has 2 fully saturated rings. The Bertz CT molecular complexity index is 661. The maximum Gasteiger partial charge on any atom is 0.241 e. The highest BCUT2D eigenvalue weighted by Crippen LogP contribution is 2.26. The predicted octanol–water partition coefficient (Wildman–Crippen LogP) is 1.95. The Labute approximate surface area is 175 Å². The lowest BCUT2D eigenvalue weighted by molar-refractivity contribution is -0.128. The summed E-state index contributed by atoms with van der Waals surface area (Å²) < 4.78 is 27.9. The van der Waals surface area contributed by atoms with Crippen LogP contribution < -0.4 is 15.5 Å². The van der Waals surface area contributed by atoms with E-state index in [0.717, 1.165) is 32.4 Å². The molecule has 1 aromatic rings. The molecule has 27 heavy (non-hydrogen) atoms. The van der Waals surface area contributed by atoms with Gasteiger partial charge in [-0.1, -0.05) is 6.07 Å². The van der Waals surface area contributed by atoms with Crippen molar-refractivity contribution in [2.24, 2.45) is 4.99 Å². The van der Waals surface area contributed by atoms with E-state index in [9.17, 15) is 13.6 Å². The van der Waals surface area contributed by atoms with E-state index in [2.05, 4.69) is 15.6 Å². The summed E-state index contributed by atoms with van der Waals surface area (Å²) in [6.07, 6.45) is 2.85. The number of carbonyl (C=O) groups excluding carboxylic acids is 1. The van der Waals surface area contributed by atoms with Crippen LogP contribution in [0.2, 0.25) is 0 Å². The zero-order valence-electron chi connectivity index (χ0n) is 15.4. The number of nitrogens with zero attached hydrogens (tertiary/aromatic N) is 3. The van der Waals surface area contributed by atoms with Crippen LogP contribution in [-0.2, 0) is 4.79 Å². The molecule has 2 aliphatic rings. The monoisotopic (exact) mass is 493 g/mol. The molecule has 2 heterocycles. The van der Waals surface area contributed by atoms with Crippen LogP contribution in [0.1, 0.15) is 19.3 Å². The van der Waals surface area contributed by atoms with Crippen molar-refractivity contribution in [3.63, 3.8) is 0 Å². The first-order valence-electron chi connectivity index (χ1n) is 9.02. The fraction of sp³-hybridized carbons (Fsp3) is 0.556. The molecule has 2 aliphatic heterocycles. The zero-order valence-corrected chi connectivity index (χ0v) is 17.7. The molecule has 3 rings (SSSR count). The van der Waals surface area contributed by atoms with Crippen molar-refractivity contribution < 1.29 is 13.6 Å². The van der Waals surface area contributed by atoms with E-state index in [1.807, 2.05) is 4.90 Å². The second kappa shape index (κ2) is 10.0. The molecule has 0 radical (unpaired) electrons. The van der Waals surface area contributed by atoms with Crippen molar-refractivity contribution >= 4 is 41.5 Å². The molecule has 0 bridgehead atoms. The Balaban J connectivity index is 0.00000261. The highest BCUT2D eigenvalue weighted by Gasteiger charge is 2.27. The number of nitrogens with one attached hydrogen (secondary N) is 2. The zero-order chi connectivity index (χ0) is 18.5. The number of benzene rings is 1. The van der Waals surface area contributed by atoms with Crippen molar-refractivity contribution in [1.29, 1.82) is 0 Å². The van der Waals surface area contributed by atoms with Crippen LogP contribution in [0.15, 0.2) is 23.2 Å². The first-order valence-corrected chi connectivity index (χ1v) is 9.02. The van der Waals surface area contributed by atoms with Gasteiger partial charge in [0.2, 0.25) is 5.91 Å². The summed E-state index contributed by atoms with van der Waals surface area (Å²) in [6, 6.07) is 3.90. The normalized spacial score (nSPS) is 19.8. The van der Waals surface area contributed by atoms with Gasteiger partial charge in [0.1, 0.15) is 17.3 Å². The second-order valence-corrected chi connectivity index (χ2v) is 6.66. The Kier molecular flexibility index (Phi) is 8.06. The van der Waals surface area contributed by atoms with Gasteiger partial charge in [0, 0.05) is 39.3 Å². The van der Waals surface area contributed by atoms with Crippen molar-refractivity contribution in [2.75, 3.05) is 44.7 Å². The third kappa shape index (κ3) is 5.43. The lowest BCUT2D eigenvalue weighted by Gasteiger charge is -2.22. The summed E-state index contributed by atoms with van der Waals surface area (Å²) in [5.41, 5.74) is 0.0176.